The fraction of sp³-hybridized carbons (Fsp3) is 0.529. The number of nitrogens with zero attached hydrogens (tertiary/aromatic N) is 2. The first-order chi connectivity index (χ1) is 9.94. The summed E-state index contributed by atoms with van der Waals surface area (Å²) in [6.45, 7) is 6.63. The molecular formula is C17H23N3O. The lowest BCUT2D eigenvalue weighted by Crippen LogP contribution is -2.25. The maximum Gasteiger partial charge on any atom is 0.227 e. The zero-order chi connectivity index (χ0) is 15.0. The van der Waals surface area contributed by atoms with Gasteiger partial charge in [-0.1, -0.05) is 19.9 Å². The number of aromatic nitrogens is 2. The molecule has 4 heteroatoms. The molecular weight excluding hydrogens is 262 g/mol. The fourth-order valence-corrected chi connectivity index (χ4v) is 3.02. The predicted octanol–water partition coefficient (Wildman–Crippen LogP) is 3.58. The van der Waals surface area contributed by atoms with Gasteiger partial charge in [-0.2, -0.15) is 4.98 Å². The molecule has 1 heterocycles. The first-order valence-electron chi connectivity index (χ1n) is 7.65. The second-order valence-corrected chi connectivity index (χ2v) is 6.79. The van der Waals surface area contributed by atoms with Crippen molar-refractivity contribution in [2.45, 2.75) is 52.9 Å². The van der Waals surface area contributed by atoms with Gasteiger partial charge in [-0.25, -0.2) is 4.98 Å². The lowest BCUT2D eigenvalue weighted by atomic mass is 9.76. The molecule has 0 bridgehead atoms. The lowest BCUT2D eigenvalue weighted by molar-refractivity contribution is 0.300. The van der Waals surface area contributed by atoms with E-state index in [9.17, 15) is 0 Å². The van der Waals surface area contributed by atoms with E-state index in [1.165, 1.54) is 5.57 Å². The van der Waals surface area contributed by atoms with Crippen molar-refractivity contribution >= 4 is 5.95 Å². The molecule has 0 unspecified atom stereocenters. The maximum atomic E-state index is 6.10. The molecule has 0 saturated carbocycles. The zero-order valence-corrected chi connectivity index (χ0v) is 13.1. The summed E-state index contributed by atoms with van der Waals surface area (Å²) < 4.78 is 6.10. The molecule has 2 N–H and O–H groups in total. The number of nitrogen functional groups attached to an aromatic ring is 1. The fourth-order valence-electron chi connectivity index (χ4n) is 3.02. The van der Waals surface area contributed by atoms with E-state index in [0.717, 1.165) is 49.1 Å². The molecule has 3 rings (SSSR count). The van der Waals surface area contributed by atoms with Crippen LogP contribution in [0.5, 0.6) is 5.88 Å². The van der Waals surface area contributed by atoms with E-state index in [-0.39, 0.29) is 5.41 Å². The van der Waals surface area contributed by atoms with Gasteiger partial charge in [-0.3, -0.25) is 0 Å². The van der Waals surface area contributed by atoms with E-state index in [2.05, 4.69) is 42.9 Å². The van der Waals surface area contributed by atoms with Crippen molar-refractivity contribution in [3.8, 4) is 5.88 Å². The van der Waals surface area contributed by atoms with Gasteiger partial charge >= 0.3 is 0 Å². The summed E-state index contributed by atoms with van der Waals surface area (Å²) >= 11 is 0. The number of nitrogens with two attached hydrogens (primary N) is 1. The van der Waals surface area contributed by atoms with E-state index in [4.69, 9.17) is 10.5 Å². The highest BCUT2D eigenvalue weighted by Crippen LogP contribution is 2.38. The maximum absolute atomic E-state index is 6.10. The highest BCUT2D eigenvalue weighted by molar-refractivity contribution is 5.41. The Balaban J connectivity index is 1.97. The van der Waals surface area contributed by atoms with Gasteiger partial charge in [-0.05, 0) is 56.1 Å². The summed E-state index contributed by atoms with van der Waals surface area (Å²) in [6, 6.07) is 0. The Morgan fingerprint density at radius 1 is 1.19 bits per heavy atom. The number of hydrogen-bond acceptors (Lipinski definition) is 4. The minimum atomic E-state index is 0.260. The monoisotopic (exact) mass is 285 g/mol. The van der Waals surface area contributed by atoms with E-state index in [1.807, 2.05) is 0 Å². The Hall–Kier alpha value is -1.84. The second-order valence-electron chi connectivity index (χ2n) is 6.79. The van der Waals surface area contributed by atoms with Crippen LogP contribution in [0.15, 0.2) is 23.5 Å². The third-order valence-corrected chi connectivity index (χ3v) is 4.31. The van der Waals surface area contributed by atoms with Crippen molar-refractivity contribution in [3.05, 3.63) is 34.7 Å². The molecule has 2 aliphatic rings. The Labute approximate surface area is 126 Å². The van der Waals surface area contributed by atoms with Crippen LogP contribution in [0.25, 0.3) is 0 Å². The molecule has 1 aromatic heterocycles. The Morgan fingerprint density at radius 2 is 1.95 bits per heavy atom. The average Bonchev–Trinajstić information content (AvgIpc) is 2.42. The quantitative estimate of drug-likeness (QED) is 0.902. The number of anilines is 1. The predicted molar refractivity (Wildman–Crippen MR) is 84.0 cm³/mol. The molecule has 0 spiro atoms. The van der Waals surface area contributed by atoms with Gasteiger partial charge in [0.25, 0.3) is 0 Å². The summed E-state index contributed by atoms with van der Waals surface area (Å²) in [5.74, 6) is 1.86. The number of aryl methyl sites for hydroxylation is 1. The summed E-state index contributed by atoms with van der Waals surface area (Å²) in [4.78, 5) is 8.76. The summed E-state index contributed by atoms with van der Waals surface area (Å²) in [7, 11) is 0. The highest BCUT2D eigenvalue weighted by Gasteiger charge is 2.30. The topological polar surface area (TPSA) is 61.0 Å². The number of hydrogen-bond donors (Lipinski definition) is 1. The van der Waals surface area contributed by atoms with Crippen molar-refractivity contribution in [2.24, 2.45) is 5.41 Å². The summed E-state index contributed by atoms with van der Waals surface area (Å²) in [6.07, 6.45) is 9.44. The molecule has 0 atom stereocenters. The zero-order valence-electron chi connectivity index (χ0n) is 13.1. The smallest absolute Gasteiger partial charge is 0.227 e. The van der Waals surface area contributed by atoms with Crippen LogP contribution in [0.4, 0.5) is 5.95 Å². The van der Waals surface area contributed by atoms with Gasteiger partial charge in [0.1, 0.15) is 5.76 Å². The number of fused-ring (bicyclic) bond motifs is 1. The molecule has 0 saturated heterocycles. The minimum absolute atomic E-state index is 0.260. The third-order valence-electron chi connectivity index (χ3n) is 4.31. The molecule has 0 radical (unpaired) electrons. The SMILES string of the molecule is CC1=CCCC=C1Oc1nc(N)nc2c1CC(C)(C)CC2. The molecule has 1 aromatic rings. The molecule has 112 valence electrons. The van der Waals surface area contributed by atoms with Crippen LogP contribution in [-0.4, -0.2) is 9.97 Å². The van der Waals surface area contributed by atoms with Gasteiger partial charge in [0.05, 0.1) is 5.69 Å². The van der Waals surface area contributed by atoms with Crippen LogP contribution >= 0.6 is 0 Å². The van der Waals surface area contributed by atoms with Crippen molar-refractivity contribution in [3.63, 3.8) is 0 Å². The lowest BCUT2D eigenvalue weighted by Gasteiger charge is -2.31. The summed E-state index contributed by atoms with van der Waals surface area (Å²) in [5.41, 5.74) is 9.46. The van der Waals surface area contributed by atoms with Gasteiger partial charge in [-0.15, -0.1) is 0 Å². The highest BCUT2D eigenvalue weighted by atomic mass is 16.5. The van der Waals surface area contributed by atoms with E-state index < -0.39 is 0 Å². The number of rotatable bonds is 2. The van der Waals surface area contributed by atoms with Gasteiger partial charge in [0, 0.05) is 5.56 Å². The first-order valence-corrected chi connectivity index (χ1v) is 7.65. The Morgan fingerprint density at radius 3 is 2.71 bits per heavy atom. The minimum Gasteiger partial charge on any atom is -0.439 e. The normalized spacial score (nSPS) is 20.3. The largest absolute Gasteiger partial charge is 0.439 e. The van der Waals surface area contributed by atoms with Crippen LogP contribution in [0.1, 0.15) is 51.3 Å². The van der Waals surface area contributed by atoms with Gasteiger partial charge < -0.3 is 10.5 Å². The Kier molecular flexibility index (Phi) is 3.47. The number of ether oxygens (including phenoxy) is 1. The number of allylic oxidation sites excluding steroid dienone is 3. The van der Waals surface area contributed by atoms with Crippen LogP contribution in [-0.2, 0) is 12.8 Å². The molecule has 0 fully saturated rings. The van der Waals surface area contributed by atoms with Crippen LogP contribution in [0, 0.1) is 5.41 Å². The molecule has 0 amide bonds. The molecule has 2 aliphatic carbocycles. The Bertz CT molecular complexity index is 629. The van der Waals surface area contributed by atoms with Crippen molar-refractivity contribution < 1.29 is 4.74 Å². The van der Waals surface area contributed by atoms with Crippen LogP contribution in [0.2, 0.25) is 0 Å². The second kappa shape index (κ2) is 5.17. The first kappa shape index (κ1) is 14.1. The van der Waals surface area contributed by atoms with Gasteiger partial charge in [0.15, 0.2) is 0 Å². The molecule has 21 heavy (non-hydrogen) atoms. The standard InChI is InChI=1S/C17H23N3O/c1-11-6-4-5-7-14(11)21-15-12-10-17(2,3)9-8-13(12)19-16(18)20-15/h6-7H,4-5,8-10H2,1-3H3,(H2,18,19,20). The summed E-state index contributed by atoms with van der Waals surface area (Å²) in [5, 5.41) is 0. The van der Waals surface area contributed by atoms with E-state index >= 15 is 0 Å². The molecule has 0 aromatic carbocycles. The third kappa shape index (κ3) is 2.94. The van der Waals surface area contributed by atoms with Crippen LogP contribution < -0.4 is 10.5 Å². The van der Waals surface area contributed by atoms with E-state index in [1.54, 1.807) is 0 Å². The molecule has 4 nitrogen and oxygen atoms in total. The van der Waals surface area contributed by atoms with E-state index in [0.29, 0.717) is 11.8 Å². The average molecular weight is 285 g/mol. The van der Waals surface area contributed by atoms with Crippen molar-refractivity contribution in [1.29, 1.82) is 0 Å². The van der Waals surface area contributed by atoms with Crippen molar-refractivity contribution in [1.82, 2.24) is 9.97 Å². The van der Waals surface area contributed by atoms with Crippen molar-refractivity contribution in [2.75, 3.05) is 5.73 Å². The van der Waals surface area contributed by atoms with Gasteiger partial charge in [0.2, 0.25) is 11.8 Å². The van der Waals surface area contributed by atoms with Crippen LogP contribution in [0.3, 0.4) is 0 Å². The molecule has 0 aliphatic heterocycles.